The molecule has 0 spiro atoms. The van der Waals surface area contributed by atoms with Crippen LogP contribution in [-0.4, -0.2) is 37.2 Å². The molecule has 0 atom stereocenters. The number of aryl methyl sites for hydroxylation is 2. The van der Waals surface area contributed by atoms with Crippen LogP contribution in [-0.2, 0) is 11.2 Å². The fourth-order valence-electron chi connectivity index (χ4n) is 2.66. The van der Waals surface area contributed by atoms with Gasteiger partial charge in [0.2, 0.25) is 0 Å². The minimum Gasteiger partial charge on any atom is -0.497 e. The normalized spacial score (nSPS) is 10.3. The molecule has 2 aromatic carbocycles. The van der Waals surface area contributed by atoms with Crippen molar-refractivity contribution in [1.29, 1.82) is 0 Å². The number of nitrogens with one attached hydrogen (secondary N) is 1. The third-order valence-electron chi connectivity index (χ3n) is 3.92. The highest BCUT2D eigenvalue weighted by molar-refractivity contribution is 5.94. The molecule has 0 aliphatic rings. The third kappa shape index (κ3) is 5.24. The van der Waals surface area contributed by atoms with Gasteiger partial charge in [0.1, 0.15) is 11.5 Å². The van der Waals surface area contributed by atoms with E-state index in [1.54, 1.807) is 33.1 Å². The van der Waals surface area contributed by atoms with Crippen molar-refractivity contribution in [3.05, 3.63) is 58.7 Å². The molecule has 0 saturated carbocycles. The molecule has 0 bridgehead atoms. The van der Waals surface area contributed by atoms with Crippen LogP contribution in [0.4, 0.5) is 0 Å². The summed E-state index contributed by atoms with van der Waals surface area (Å²) in [4.78, 5) is 23.0. The van der Waals surface area contributed by atoms with Crippen LogP contribution in [0.2, 0.25) is 0 Å². The molecule has 6 heteroatoms. The van der Waals surface area contributed by atoms with Gasteiger partial charge in [0.05, 0.1) is 7.11 Å². The summed E-state index contributed by atoms with van der Waals surface area (Å²) in [5.41, 5.74) is 3.09. The molecular weight excluding hydrogens is 334 g/mol. The number of benzene rings is 2. The zero-order valence-electron chi connectivity index (χ0n) is 15.2. The largest absolute Gasteiger partial charge is 0.497 e. The Hall–Kier alpha value is -3.02. The van der Waals surface area contributed by atoms with Gasteiger partial charge in [-0.05, 0) is 61.2 Å². The maximum atomic E-state index is 12.4. The number of carboxylic acids is 1. The van der Waals surface area contributed by atoms with Crippen LogP contribution in [0.3, 0.4) is 0 Å². The number of carboxylic acid groups (broad SMARTS) is 1. The van der Waals surface area contributed by atoms with Crippen LogP contribution in [0, 0.1) is 13.8 Å². The first-order valence-electron chi connectivity index (χ1n) is 8.27. The molecule has 0 saturated heterocycles. The van der Waals surface area contributed by atoms with Crippen molar-refractivity contribution in [2.75, 3.05) is 20.3 Å². The van der Waals surface area contributed by atoms with E-state index < -0.39 is 12.6 Å². The minimum atomic E-state index is -1.04. The Bertz CT molecular complexity index is 760. The molecule has 138 valence electrons. The Kier molecular flexibility index (Phi) is 6.60. The molecule has 6 nitrogen and oxygen atoms in total. The Morgan fingerprint density at radius 1 is 1.08 bits per heavy atom. The van der Waals surface area contributed by atoms with Gasteiger partial charge >= 0.3 is 5.97 Å². The number of amides is 1. The van der Waals surface area contributed by atoms with Crippen LogP contribution >= 0.6 is 0 Å². The lowest BCUT2D eigenvalue weighted by Crippen LogP contribution is -2.26. The Balaban J connectivity index is 1.95. The maximum absolute atomic E-state index is 12.4. The molecule has 0 aliphatic carbocycles. The van der Waals surface area contributed by atoms with Gasteiger partial charge in [0.15, 0.2) is 6.61 Å². The maximum Gasteiger partial charge on any atom is 0.341 e. The van der Waals surface area contributed by atoms with E-state index >= 15 is 0 Å². The summed E-state index contributed by atoms with van der Waals surface area (Å²) in [6, 6.07) is 11.1. The first-order valence-corrected chi connectivity index (χ1v) is 8.27. The Labute approximate surface area is 152 Å². The van der Waals surface area contributed by atoms with Crippen molar-refractivity contribution < 1.29 is 24.2 Å². The molecule has 0 unspecified atom stereocenters. The number of methoxy groups -OCH3 is 1. The first kappa shape index (κ1) is 19.3. The van der Waals surface area contributed by atoms with E-state index in [4.69, 9.17) is 14.6 Å². The molecule has 0 aromatic heterocycles. The summed E-state index contributed by atoms with van der Waals surface area (Å²) in [6.07, 6.45) is 0.716. The molecule has 0 heterocycles. The number of hydrogen-bond acceptors (Lipinski definition) is 4. The second kappa shape index (κ2) is 8.89. The summed E-state index contributed by atoms with van der Waals surface area (Å²) in [6.45, 7) is 3.69. The predicted octanol–water partition coefficient (Wildman–Crippen LogP) is 2.75. The van der Waals surface area contributed by atoms with Gasteiger partial charge in [0, 0.05) is 12.1 Å². The fraction of sp³-hybridized carbons (Fsp3) is 0.300. The lowest BCUT2D eigenvalue weighted by atomic mass is 10.0. The third-order valence-corrected chi connectivity index (χ3v) is 3.92. The van der Waals surface area contributed by atoms with Gasteiger partial charge in [-0.1, -0.05) is 12.1 Å². The summed E-state index contributed by atoms with van der Waals surface area (Å²) in [7, 11) is 1.62. The lowest BCUT2D eigenvalue weighted by molar-refractivity contribution is -0.139. The highest BCUT2D eigenvalue weighted by atomic mass is 16.5. The van der Waals surface area contributed by atoms with E-state index in [1.807, 2.05) is 24.3 Å². The molecule has 2 aromatic rings. The number of hydrogen-bond donors (Lipinski definition) is 2. The van der Waals surface area contributed by atoms with Gasteiger partial charge < -0.3 is 19.9 Å². The second-order valence-electron chi connectivity index (χ2n) is 5.98. The number of aliphatic carboxylic acids is 1. The molecule has 0 radical (unpaired) electrons. The van der Waals surface area contributed by atoms with Crippen molar-refractivity contribution in [3.8, 4) is 11.5 Å². The van der Waals surface area contributed by atoms with E-state index in [0.29, 0.717) is 24.3 Å². The summed E-state index contributed by atoms with van der Waals surface area (Å²) in [5.74, 6) is 0.0924. The van der Waals surface area contributed by atoms with Gasteiger partial charge in [0.25, 0.3) is 5.91 Å². The van der Waals surface area contributed by atoms with Crippen molar-refractivity contribution in [3.63, 3.8) is 0 Å². The van der Waals surface area contributed by atoms with Gasteiger partial charge in [-0.3, -0.25) is 4.79 Å². The molecule has 1 amide bonds. The van der Waals surface area contributed by atoms with E-state index in [-0.39, 0.29) is 5.91 Å². The predicted molar refractivity (Wildman–Crippen MR) is 98.1 cm³/mol. The highest BCUT2D eigenvalue weighted by Crippen LogP contribution is 2.24. The van der Waals surface area contributed by atoms with Crippen LogP contribution in [0.1, 0.15) is 27.0 Å². The average Bonchev–Trinajstić information content (AvgIpc) is 2.61. The molecule has 26 heavy (non-hydrogen) atoms. The Morgan fingerprint density at radius 3 is 2.23 bits per heavy atom. The van der Waals surface area contributed by atoms with Gasteiger partial charge in [-0.25, -0.2) is 4.79 Å². The monoisotopic (exact) mass is 357 g/mol. The second-order valence-corrected chi connectivity index (χ2v) is 5.98. The summed E-state index contributed by atoms with van der Waals surface area (Å²) < 4.78 is 10.4. The van der Waals surface area contributed by atoms with Crippen LogP contribution in [0.15, 0.2) is 36.4 Å². The first-order chi connectivity index (χ1) is 12.4. The van der Waals surface area contributed by atoms with Crippen LogP contribution in [0.25, 0.3) is 0 Å². The molecule has 2 rings (SSSR count). The fourth-order valence-corrected chi connectivity index (χ4v) is 2.66. The van der Waals surface area contributed by atoms with E-state index in [9.17, 15) is 9.59 Å². The zero-order chi connectivity index (χ0) is 19.1. The number of rotatable bonds is 8. The minimum absolute atomic E-state index is 0.172. The summed E-state index contributed by atoms with van der Waals surface area (Å²) in [5, 5.41) is 11.6. The van der Waals surface area contributed by atoms with Crippen LogP contribution < -0.4 is 14.8 Å². The average molecular weight is 357 g/mol. The van der Waals surface area contributed by atoms with E-state index in [1.165, 1.54) is 0 Å². The topological polar surface area (TPSA) is 84.9 Å². The molecule has 2 N–H and O–H groups in total. The zero-order valence-corrected chi connectivity index (χ0v) is 15.2. The van der Waals surface area contributed by atoms with Crippen LogP contribution in [0.5, 0.6) is 11.5 Å². The van der Waals surface area contributed by atoms with Crippen molar-refractivity contribution in [1.82, 2.24) is 5.32 Å². The molecule has 0 aliphatic heterocycles. The number of ether oxygens (including phenoxy) is 2. The van der Waals surface area contributed by atoms with Gasteiger partial charge in [-0.2, -0.15) is 0 Å². The SMILES string of the molecule is COc1ccc(CCNC(=O)c2cc(C)c(OCC(=O)O)c(C)c2)cc1. The standard InChI is InChI=1S/C20H23NO5/c1-13-10-16(11-14(2)19(13)26-12-18(22)23)20(24)21-9-8-15-4-6-17(25-3)7-5-15/h4-7,10-11H,8-9,12H2,1-3H3,(H,21,24)(H,22,23). The Morgan fingerprint density at radius 2 is 1.69 bits per heavy atom. The van der Waals surface area contributed by atoms with Crippen molar-refractivity contribution >= 4 is 11.9 Å². The van der Waals surface area contributed by atoms with E-state index in [2.05, 4.69) is 5.32 Å². The van der Waals surface area contributed by atoms with Crippen molar-refractivity contribution in [2.45, 2.75) is 20.3 Å². The van der Waals surface area contributed by atoms with Crippen molar-refractivity contribution in [2.24, 2.45) is 0 Å². The highest BCUT2D eigenvalue weighted by Gasteiger charge is 2.12. The van der Waals surface area contributed by atoms with Gasteiger partial charge in [-0.15, -0.1) is 0 Å². The van der Waals surface area contributed by atoms with E-state index in [0.717, 1.165) is 22.4 Å². The smallest absolute Gasteiger partial charge is 0.341 e. The number of carbonyl (C=O) groups is 2. The summed E-state index contributed by atoms with van der Waals surface area (Å²) >= 11 is 0. The quantitative estimate of drug-likeness (QED) is 0.759. The number of carbonyl (C=O) groups excluding carboxylic acids is 1. The molecule has 0 fully saturated rings. The lowest BCUT2D eigenvalue weighted by Gasteiger charge is -2.13. The molecular formula is C20H23NO5.